The molecule has 16 heterocycles. The number of halogens is 10. The van der Waals surface area contributed by atoms with Gasteiger partial charge in [-0.3, -0.25) is 15.3 Å². The van der Waals surface area contributed by atoms with Crippen molar-refractivity contribution in [2.24, 2.45) is 0 Å². The molecule has 0 spiro atoms. The van der Waals surface area contributed by atoms with E-state index >= 15 is 0 Å². The van der Waals surface area contributed by atoms with E-state index in [1.54, 1.807) is 80.2 Å². The standard InChI is InChI=1S/2C23H15Cl2N9.2C20H12Cl2IN7.C9H15BN2O2/c24-14-5-2-1-4-13(14)20-17(32-21-15(25)6-3-7-16(21)31-20)10-34-23-18(22(26)27-11-28-23)19(33-34)12-8-29-30-9-12;24-14-5-2-1-4-13(14)20-17(31-16-7-3-6-15(25)21(16)32-20)10-34-23-18(22(26)27-11-28-23)19(33-34)12-8-29-30-9-12;21-11-5-2-1-4-10(11)16-14(28-17-12(22)6-3-7-13(17)27-16)8-30-20-15(18(23)29-30)19(24)25-9-26-20;21-11-5-2-1-4-10(11)16-14(27-13-7-3-6-12(22)17(13)28-16)8-30-20-15(18(23)29-30)19(24)25-9-26-20;1-8(2)9(3,4)14-10(13-8)7-5-11-12-6-7/h2*1-9,11H,10H2,(H,29,30)(H2,26,27,28);2*1-7,9H,8H2,(H2,24,25,26);5-6H,1-4H3,(H,11,12). The largest absolute Gasteiger partial charge is 0.498 e. The number of nitrogens with zero attached hydrogens (tertiary/aromatic N) is 27. The third kappa shape index (κ3) is 19.0. The van der Waals surface area contributed by atoms with E-state index in [2.05, 4.69) is 126 Å². The van der Waals surface area contributed by atoms with Gasteiger partial charge in [-0.15, -0.1) is 0 Å². The number of hydrogen-bond acceptors (Lipinski definition) is 29. The van der Waals surface area contributed by atoms with Crippen LogP contribution in [0.2, 0.25) is 40.2 Å². The molecule has 24 rings (SSSR count). The molecular weight excluding hydrogens is 2200 g/mol. The van der Waals surface area contributed by atoms with Gasteiger partial charge in [-0.1, -0.05) is 190 Å². The van der Waals surface area contributed by atoms with E-state index in [9.17, 15) is 0 Å². The van der Waals surface area contributed by atoms with Crippen LogP contribution in [0.15, 0.2) is 232 Å². The molecule has 0 aliphatic carbocycles. The van der Waals surface area contributed by atoms with Gasteiger partial charge in [0, 0.05) is 63.6 Å². The molecule has 15 aromatic heterocycles. The zero-order valence-corrected chi connectivity index (χ0v) is 84.7. The summed E-state index contributed by atoms with van der Waals surface area (Å²) in [7, 11) is -0.307. The monoisotopic (exact) mass is 2260 g/mol. The molecule has 1 aliphatic rings. The lowest BCUT2D eigenvalue weighted by Crippen LogP contribution is -2.41. The van der Waals surface area contributed by atoms with Crippen molar-refractivity contribution in [3.05, 3.63) is 303 Å². The Morgan fingerprint density at radius 3 is 0.915 bits per heavy atom. The number of hydrogen-bond donors (Lipinski definition) is 7. The van der Waals surface area contributed by atoms with Gasteiger partial charge < -0.3 is 32.2 Å². The Bertz CT molecular complexity index is 8770. The van der Waals surface area contributed by atoms with Crippen LogP contribution in [0.4, 0.5) is 23.3 Å². The zero-order valence-electron chi connectivity index (χ0n) is 74.3. The van der Waals surface area contributed by atoms with Gasteiger partial charge >= 0.3 is 7.12 Å². The molecule has 1 aliphatic heterocycles. The molecule has 47 heteroatoms. The second-order valence-electron chi connectivity index (χ2n) is 32.8. The van der Waals surface area contributed by atoms with Gasteiger partial charge in [-0.25, -0.2) is 98.5 Å². The summed E-state index contributed by atoms with van der Waals surface area (Å²) < 4.78 is 20.0. The minimum absolute atomic E-state index is 0.250. The summed E-state index contributed by atoms with van der Waals surface area (Å²) in [6, 6.07) is 52.0. The summed E-state index contributed by atoms with van der Waals surface area (Å²) in [5.74, 6) is 1.43. The maximum atomic E-state index is 6.54. The highest BCUT2D eigenvalue weighted by molar-refractivity contribution is 14.1. The van der Waals surface area contributed by atoms with Crippen LogP contribution in [0, 0.1) is 7.40 Å². The molecule has 0 saturated carbocycles. The maximum Gasteiger partial charge on any atom is 0.498 e. The van der Waals surface area contributed by atoms with Gasteiger partial charge in [-0.2, -0.15) is 35.7 Å². The van der Waals surface area contributed by atoms with Gasteiger partial charge in [-0.05, 0) is 146 Å². The highest BCUT2D eigenvalue weighted by atomic mass is 127. The Hall–Kier alpha value is -14.1. The molecular formula is C95H69BCl8I2N34O2. The minimum atomic E-state index is -0.307. The van der Waals surface area contributed by atoms with Gasteiger partial charge in [0.25, 0.3) is 0 Å². The van der Waals surface area contributed by atoms with Crippen molar-refractivity contribution in [1.29, 1.82) is 0 Å². The lowest BCUT2D eigenvalue weighted by Gasteiger charge is -2.32. The van der Waals surface area contributed by atoms with Crippen molar-refractivity contribution in [2.45, 2.75) is 65.1 Å². The number of rotatable bonds is 15. The number of H-pyrrole nitrogens is 3. The third-order valence-corrected chi connectivity index (χ3v) is 27.4. The van der Waals surface area contributed by atoms with Crippen LogP contribution in [0.3, 0.4) is 0 Å². The molecule has 0 amide bonds. The molecule has 8 aromatic carbocycles. The van der Waals surface area contributed by atoms with Crippen LogP contribution in [0.25, 0.3) is 156 Å². The molecule has 704 valence electrons. The number of aromatic amines is 3. The maximum absolute atomic E-state index is 6.54. The van der Waals surface area contributed by atoms with Crippen molar-refractivity contribution < 1.29 is 9.31 Å². The van der Waals surface area contributed by atoms with E-state index < -0.39 is 0 Å². The first-order valence-corrected chi connectivity index (χ1v) is 48.2. The predicted molar refractivity (Wildman–Crippen MR) is 570 cm³/mol. The van der Waals surface area contributed by atoms with Crippen LogP contribution in [0.1, 0.15) is 50.5 Å². The quantitative estimate of drug-likeness (QED) is 0.0370. The lowest BCUT2D eigenvalue weighted by atomic mass is 9.82. The number of benzene rings is 8. The second kappa shape index (κ2) is 40.1. The van der Waals surface area contributed by atoms with E-state index in [-0.39, 0.29) is 31.4 Å². The summed E-state index contributed by atoms with van der Waals surface area (Å²) in [5, 5.41) is 46.1. The first-order chi connectivity index (χ1) is 68.7. The van der Waals surface area contributed by atoms with E-state index in [0.717, 1.165) is 42.5 Å². The highest BCUT2D eigenvalue weighted by Gasteiger charge is 2.52. The lowest BCUT2D eigenvalue weighted by molar-refractivity contribution is 0.00578. The summed E-state index contributed by atoms with van der Waals surface area (Å²) in [4.78, 5) is 72.9. The highest BCUT2D eigenvalue weighted by Crippen LogP contribution is 2.42. The van der Waals surface area contributed by atoms with Crippen molar-refractivity contribution >= 4 is 262 Å². The molecule has 142 heavy (non-hydrogen) atoms. The number of para-hydroxylation sites is 4. The number of fused-ring (bicyclic) bond motifs is 8. The van der Waals surface area contributed by atoms with E-state index in [1.165, 1.54) is 25.3 Å². The Morgan fingerprint density at radius 1 is 0.310 bits per heavy atom. The first-order valence-electron chi connectivity index (χ1n) is 43.0. The van der Waals surface area contributed by atoms with E-state index in [0.29, 0.717) is 225 Å². The Morgan fingerprint density at radius 2 is 0.592 bits per heavy atom. The predicted octanol–water partition coefficient (Wildman–Crippen LogP) is 20.2. The first kappa shape index (κ1) is 95.5. The normalized spacial score (nSPS) is 12.7. The molecule has 11 N–H and O–H groups in total. The Labute approximate surface area is 871 Å². The van der Waals surface area contributed by atoms with E-state index in [1.807, 2.05) is 173 Å². The average Bonchev–Trinajstić information content (AvgIpc) is 1.62. The number of nitrogens with one attached hydrogen (secondary N) is 3. The molecule has 0 radical (unpaired) electrons. The van der Waals surface area contributed by atoms with E-state index in [4.69, 9.17) is 175 Å². The van der Waals surface area contributed by atoms with Crippen LogP contribution in [-0.2, 0) is 35.5 Å². The summed E-state index contributed by atoms with van der Waals surface area (Å²) >= 11 is 56.0. The smallest absolute Gasteiger partial charge is 0.399 e. The second-order valence-corrected chi connectivity index (χ2v) is 38.1. The molecule has 1 fully saturated rings. The van der Waals surface area contributed by atoms with Crippen LogP contribution in [0.5, 0.6) is 0 Å². The fourth-order valence-corrected chi connectivity index (χ4v) is 19.1. The topological polar surface area (TPSA) is 486 Å². The van der Waals surface area contributed by atoms with Gasteiger partial charge in [0.2, 0.25) is 0 Å². The van der Waals surface area contributed by atoms with Crippen molar-refractivity contribution in [1.82, 2.24) is 149 Å². The van der Waals surface area contributed by atoms with Crippen molar-refractivity contribution in [3.63, 3.8) is 0 Å². The number of aromatic nitrogens is 30. The fraction of sp³-hybridized carbons (Fsp3) is 0.105. The van der Waals surface area contributed by atoms with Crippen LogP contribution >= 0.6 is 138 Å². The third-order valence-electron chi connectivity index (χ3n) is 23.3. The van der Waals surface area contributed by atoms with Gasteiger partial charge in [0.15, 0.2) is 22.6 Å². The fourth-order valence-electron chi connectivity index (χ4n) is 15.8. The Kier molecular flexibility index (Phi) is 27.0. The van der Waals surface area contributed by atoms with Gasteiger partial charge in [0.1, 0.15) is 89.4 Å². The summed E-state index contributed by atoms with van der Waals surface area (Å²) in [6.07, 6.45) is 16.0. The zero-order chi connectivity index (χ0) is 98.5. The molecule has 36 nitrogen and oxygen atoms in total. The molecule has 1 saturated heterocycles. The number of anilines is 4. The molecule has 0 atom stereocenters. The average molecular weight is 2270 g/mol. The summed E-state index contributed by atoms with van der Waals surface area (Å²) in [6.45, 7) is 9.29. The minimum Gasteiger partial charge on any atom is -0.399 e. The van der Waals surface area contributed by atoms with Crippen LogP contribution < -0.4 is 28.4 Å². The molecule has 0 unspecified atom stereocenters. The molecule has 0 bridgehead atoms. The Balaban J connectivity index is 0.000000111. The van der Waals surface area contributed by atoms with Gasteiger partial charge in [0.05, 0.1) is 179 Å². The number of nitrogens with two attached hydrogens (primary N) is 4. The van der Waals surface area contributed by atoms with Crippen molar-refractivity contribution in [2.75, 3.05) is 22.9 Å². The summed E-state index contributed by atoms with van der Waals surface area (Å²) in [5.41, 5.74) is 43.4. The molecule has 23 aromatic rings. The SMILES string of the molecule is CC1(C)OB(c2cn[nH]c2)OC1(C)C.Nc1ncnc2c1c(-c1cn[nH]c1)nn2Cc1nc2c(Cl)cccc2nc1-c1ccccc1Cl.Nc1ncnc2c1c(-c1cn[nH]c1)nn2Cc1nc2cccc(Cl)c2nc1-c1ccccc1Cl.Nc1ncnc2c1c(I)nn2Cc1nc2c(Cl)cccc2nc1-c1ccccc1Cl.Nc1ncnc2c1c(I)nn2Cc1nc2cccc(Cl)c2nc1-c1ccccc1Cl. The van der Waals surface area contributed by atoms with Crippen LogP contribution in [-0.4, -0.2) is 168 Å². The number of nitrogen functional groups attached to an aromatic ring is 4. The van der Waals surface area contributed by atoms with Crippen molar-refractivity contribution in [3.8, 4) is 67.5 Å².